The van der Waals surface area contributed by atoms with Gasteiger partial charge in [-0.2, -0.15) is 0 Å². The average molecular weight is 281 g/mol. The van der Waals surface area contributed by atoms with Gasteiger partial charge in [0.05, 0.1) is 10.8 Å². The van der Waals surface area contributed by atoms with Crippen molar-refractivity contribution in [2.45, 2.75) is 17.3 Å². The fourth-order valence-electron chi connectivity index (χ4n) is 1.40. The Labute approximate surface area is 113 Å². The van der Waals surface area contributed by atoms with Gasteiger partial charge in [-0.25, -0.2) is 9.07 Å². The third-order valence-corrected chi connectivity index (χ3v) is 3.54. The predicted octanol–water partition coefficient (Wildman–Crippen LogP) is 0.764. The van der Waals surface area contributed by atoms with Gasteiger partial charge in [0.2, 0.25) is 11.1 Å². The van der Waals surface area contributed by atoms with Crippen molar-refractivity contribution in [1.29, 1.82) is 0 Å². The van der Waals surface area contributed by atoms with Crippen molar-refractivity contribution in [2.24, 2.45) is 5.73 Å². The molecular formula is C11H12FN5OS. The van der Waals surface area contributed by atoms with Crippen molar-refractivity contribution in [3.05, 3.63) is 30.1 Å². The van der Waals surface area contributed by atoms with E-state index >= 15 is 0 Å². The quantitative estimate of drug-likeness (QED) is 0.636. The van der Waals surface area contributed by atoms with Crippen LogP contribution in [0.1, 0.15) is 6.92 Å². The summed E-state index contributed by atoms with van der Waals surface area (Å²) in [6, 6.07) is 6.10. The summed E-state index contributed by atoms with van der Waals surface area (Å²) < 4.78 is 14.8. The summed E-state index contributed by atoms with van der Waals surface area (Å²) in [6.45, 7) is 1.63. The normalized spacial score (nSPS) is 12.3. The number of nitrogen functional groups attached to an aromatic ring is 1. The van der Waals surface area contributed by atoms with Gasteiger partial charge in [0, 0.05) is 0 Å². The van der Waals surface area contributed by atoms with Crippen LogP contribution in [0.3, 0.4) is 0 Å². The first-order valence-electron chi connectivity index (χ1n) is 5.42. The molecule has 6 nitrogen and oxygen atoms in total. The van der Waals surface area contributed by atoms with Crippen molar-refractivity contribution >= 4 is 17.7 Å². The molecule has 0 spiro atoms. The zero-order valence-electron chi connectivity index (χ0n) is 10.1. The Bertz CT molecular complexity index is 615. The fourth-order valence-corrected chi connectivity index (χ4v) is 2.12. The molecule has 2 aromatic rings. The van der Waals surface area contributed by atoms with Crippen molar-refractivity contribution in [3.8, 4) is 11.4 Å². The standard InChI is InChI=1S/C11H12FN5OS/c1-6(9(13)18)19-11-16-15-10(17(11)14)7-4-2-3-5-8(7)12/h2-6H,14H2,1H3,(H2,13,18)/t6-/m0/s1. The number of carbonyl (C=O) groups excluding carboxylic acids is 1. The highest BCUT2D eigenvalue weighted by atomic mass is 32.2. The van der Waals surface area contributed by atoms with Crippen molar-refractivity contribution < 1.29 is 9.18 Å². The van der Waals surface area contributed by atoms with Gasteiger partial charge in [-0.3, -0.25) is 4.79 Å². The topological polar surface area (TPSA) is 99.8 Å². The van der Waals surface area contributed by atoms with Crippen LogP contribution in [0.15, 0.2) is 29.4 Å². The number of hydrogen-bond acceptors (Lipinski definition) is 5. The first kappa shape index (κ1) is 13.3. The molecule has 1 aromatic carbocycles. The summed E-state index contributed by atoms with van der Waals surface area (Å²) >= 11 is 1.07. The van der Waals surface area contributed by atoms with Gasteiger partial charge in [-0.05, 0) is 19.1 Å². The molecule has 0 fully saturated rings. The van der Waals surface area contributed by atoms with E-state index in [0.717, 1.165) is 16.4 Å². The summed E-state index contributed by atoms with van der Waals surface area (Å²) in [5.41, 5.74) is 5.40. The maximum atomic E-state index is 13.6. The number of rotatable bonds is 4. The molecule has 1 amide bonds. The first-order chi connectivity index (χ1) is 9.00. The third-order valence-electron chi connectivity index (χ3n) is 2.46. The largest absolute Gasteiger partial charge is 0.369 e. The number of amides is 1. The molecule has 0 unspecified atom stereocenters. The number of benzene rings is 1. The van der Waals surface area contributed by atoms with E-state index in [1.807, 2.05) is 0 Å². The zero-order chi connectivity index (χ0) is 14.0. The van der Waals surface area contributed by atoms with Crippen LogP contribution >= 0.6 is 11.8 Å². The van der Waals surface area contributed by atoms with Gasteiger partial charge in [-0.15, -0.1) is 10.2 Å². The maximum Gasteiger partial charge on any atom is 0.230 e. The highest BCUT2D eigenvalue weighted by molar-refractivity contribution is 8.00. The van der Waals surface area contributed by atoms with Crippen LogP contribution in [0, 0.1) is 5.82 Å². The molecule has 0 aliphatic carbocycles. The van der Waals surface area contributed by atoms with Crippen LogP contribution in [0.4, 0.5) is 4.39 Å². The van der Waals surface area contributed by atoms with E-state index < -0.39 is 17.0 Å². The minimum absolute atomic E-state index is 0.192. The van der Waals surface area contributed by atoms with E-state index in [1.54, 1.807) is 25.1 Å². The van der Waals surface area contributed by atoms with E-state index in [-0.39, 0.29) is 11.4 Å². The number of hydrogen-bond donors (Lipinski definition) is 2. The van der Waals surface area contributed by atoms with Crippen LogP contribution in [0.2, 0.25) is 0 Å². The molecule has 1 aromatic heterocycles. The lowest BCUT2D eigenvalue weighted by Crippen LogP contribution is -2.23. The monoisotopic (exact) mass is 281 g/mol. The highest BCUT2D eigenvalue weighted by Crippen LogP contribution is 2.25. The number of thioether (sulfide) groups is 1. The Morgan fingerprint density at radius 2 is 2.11 bits per heavy atom. The maximum absolute atomic E-state index is 13.6. The van der Waals surface area contributed by atoms with Gasteiger partial charge in [0.15, 0.2) is 5.82 Å². The summed E-state index contributed by atoms with van der Waals surface area (Å²) in [5, 5.41) is 7.46. The van der Waals surface area contributed by atoms with Crippen LogP contribution in [-0.2, 0) is 4.79 Å². The summed E-state index contributed by atoms with van der Waals surface area (Å²) in [4.78, 5) is 11.0. The van der Waals surface area contributed by atoms with Crippen LogP contribution in [0.5, 0.6) is 0 Å². The number of primary amides is 1. The molecule has 1 atom stereocenters. The first-order valence-corrected chi connectivity index (χ1v) is 6.30. The van der Waals surface area contributed by atoms with E-state index in [4.69, 9.17) is 11.6 Å². The Morgan fingerprint density at radius 3 is 2.74 bits per heavy atom. The van der Waals surface area contributed by atoms with E-state index in [0.29, 0.717) is 5.16 Å². The zero-order valence-corrected chi connectivity index (χ0v) is 10.9. The molecule has 0 aliphatic rings. The van der Waals surface area contributed by atoms with Gasteiger partial charge >= 0.3 is 0 Å². The fraction of sp³-hybridized carbons (Fsp3) is 0.182. The number of halogens is 1. The van der Waals surface area contributed by atoms with Crippen molar-refractivity contribution in [2.75, 3.05) is 5.84 Å². The molecule has 0 radical (unpaired) electrons. The lowest BCUT2D eigenvalue weighted by atomic mass is 10.2. The second-order valence-corrected chi connectivity index (χ2v) is 5.13. The third kappa shape index (κ3) is 2.68. The van der Waals surface area contributed by atoms with Crippen LogP contribution in [-0.4, -0.2) is 26.0 Å². The van der Waals surface area contributed by atoms with Crippen LogP contribution < -0.4 is 11.6 Å². The number of carbonyl (C=O) groups is 1. The smallest absolute Gasteiger partial charge is 0.230 e. The lowest BCUT2D eigenvalue weighted by Gasteiger charge is -2.07. The number of aromatic nitrogens is 3. The summed E-state index contributed by atoms with van der Waals surface area (Å²) in [5.74, 6) is 5.07. The van der Waals surface area contributed by atoms with Gasteiger partial charge < -0.3 is 11.6 Å². The molecule has 1 heterocycles. The molecule has 0 aliphatic heterocycles. The van der Waals surface area contributed by atoms with Gasteiger partial charge in [0.25, 0.3) is 0 Å². The van der Waals surface area contributed by atoms with Gasteiger partial charge in [-0.1, -0.05) is 23.9 Å². The minimum atomic E-state index is -0.500. The molecule has 4 N–H and O–H groups in total. The molecule has 8 heteroatoms. The molecule has 0 saturated carbocycles. The van der Waals surface area contributed by atoms with Crippen LogP contribution in [0.25, 0.3) is 11.4 Å². The van der Waals surface area contributed by atoms with Crippen molar-refractivity contribution in [3.63, 3.8) is 0 Å². The molecule has 0 bridgehead atoms. The second kappa shape index (κ2) is 5.27. The Hall–Kier alpha value is -2.09. The predicted molar refractivity (Wildman–Crippen MR) is 70.1 cm³/mol. The van der Waals surface area contributed by atoms with E-state index in [9.17, 15) is 9.18 Å². The van der Waals surface area contributed by atoms with Crippen molar-refractivity contribution in [1.82, 2.24) is 14.9 Å². The molecule has 2 rings (SSSR count). The molecule has 0 saturated heterocycles. The molecule has 100 valence electrons. The Balaban J connectivity index is 2.34. The van der Waals surface area contributed by atoms with Gasteiger partial charge in [0.1, 0.15) is 5.82 Å². The minimum Gasteiger partial charge on any atom is -0.369 e. The number of nitrogens with zero attached hydrogens (tertiary/aromatic N) is 3. The number of nitrogens with two attached hydrogens (primary N) is 2. The average Bonchev–Trinajstić information content (AvgIpc) is 2.72. The van der Waals surface area contributed by atoms with E-state index in [2.05, 4.69) is 10.2 Å². The lowest BCUT2D eigenvalue weighted by molar-refractivity contribution is -0.117. The molecular weight excluding hydrogens is 269 g/mol. The second-order valence-electron chi connectivity index (χ2n) is 3.82. The Morgan fingerprint density at radius 1 is 1.42 bits per heavy atom. The highest BCUT2D eigenvalue weighted by Gasteiger charge is 2.19. The summed E-state index contributed by atoms with van der Waals surface area (Å²) in [7, 11) is 0. The Kier molecular flexibility index (Phi) is 3.70. The van der Waals surface area contributed by atoms with E-state index in [1.165, 1.54) is 6.07 Å². The summed E-state index contributed by atoms with van der Waals surface area (Å²) in [6.07, 6.45) is 0. The molecule has 19 heavy (non-hydrogen) atoms. The SMILES string of the molecule is C[C@H](Sc1nnc(-c2ccccc2F)n1N)C(N)=O.